The van der Waals surface area contributed by atoms with Crippen LogP contribution in [0.2, 0.25) is 0 Å². The van der Waals surface area contributed by atoms with E-state index in [9.17, 15) is 22.4 Å². The Balaban J connectivity index is 1.63. The number of likely N-dealkylation sites (tertiary alicyclic amines) is 1. The number of halogens is 4. The topological polar surface area (TPSA) is 50.5 Å². The van der Waals surface area contributed by atoms with Crippen molar-refractivity contribution in [2.45, 2.75) is 31.9 Å². The van der Waals surface area contributed by atoms with Crippen LogP contribution in [0, 0.1) is 5.82 Å². The van der Waals surface area contributed by atoms with Gasteiger partial charge < -0.3 is 4.90 Å². The summed E-state index contributed by atoms with van der Waals surface area (Å²) in [5.41, 5.74) is 0.0179. The first-order valence-electron chi connectivity index (χ1n) is 9.28. The predicted molar refractivity (Wildman–Crippen MR) is 97.0 cm³/mol. The number of fused-ring (bicyclic) bond motifs is 1. The van der Waals surface area contributed by atoms with Gasteiger partial charge in [-0.1, -0.05) is 19.1 Å². The Hall–Kier alpha value is -2.97. The Morgan fingerprint density at radius 1 is 1.24 bits per heavy atom. The number of amides is 1. The SMILES string of the molecule is CCc1cc(C(F)(F)F)n2nc(C3CCN(C(=O)c4ccccc4F)C3)cc2n1. The standard InChI is InChI=1S/C20H18F4N4O/c1-2-13-9-17(20(22,23)24)28-18(25-13)10-16(26-28)12-7-8-27(11-12)19(29)14-5-3-4-6-15(14)21/h3-6,9-10,12H,2,7-8,11H2,1H3. The van der Waals surface area contributed by atoms with Crippen molar-refractivity contribution in [2.24, 2.45) is 0 Å². The van der Waals surface area contributed by atoms with Crippen LogP contribution in [-0.4, -0.2) is 38.5 Å². The van der Waals surface area contributed by atoms with Gasteiger partial charge in [-0.05, 0) is 31.0 Å². The molecule has 0 N–H and O–H groups in total. The summed E-state index contributed by atoms with van der Waals surface area (Å²) in [6.45, 7) is 2.38. The third kappa shape index (κ3) is 3.56. The van der Waals surface area contributed by atoms with Gasteiger partial charge in [0.1, 0.15) is 11.5 Å². The molecule has 1 atom stereocenters. The monoisotopic (exact) mass is 406 g/mol. The van der Waals surface area contributed by atoms with Crippen molar-refractivity contribution >= 4 is 11.6 Å². The van der Waals surface area contributed by atoms with Gasteiger partial charge in [-0.25, -0.2) is 13.9 Å². The second kappa shape index (κ2) is 7.13. The molecule has 1 saturated heterocycles. The summed E-state index contributed by atoms with van der Waals surface area (Å²) in [5, 5.41) is 4.14. The number of benzene rings is 1. The molecule has 0 radical (unpaired) electrons. The summed E-state index contributed by atoms with van der Waals surface area (Å²) in [6.07, 6.45) is -3.66. The van der Waals surface area contributed by atoms with Crippen LogP contribution < -0.4 is 0 Å². The number of hydrogen-bond acceptors (Lipinski definition) is 3. The Morgan fingerprint density at radius 2 is 2.00 bits per heavy atom. The smallest absolute Gasteiger partial charge is 0.338 e. The fraction of sp³-hybridized carbons (Fsp3) is 0.350. The summed E-state index contributed by atoms with van der Waals surface area (Å²) in [7, 11) is 0. The molecule has 2 aromatic heterocycles. The first-order valence-corrected chi connectivity index (χ1v) is 9.28. The average molecular weight is 406 g/mol. The number of aryl methyl sites for hydroxylation is 1. The van der Waals surface area contributed by atoms with Gasteiger partial charge in [0.2, 0.25) is 0 Å². The highest BCUT2D eigenvalue weighted by Crippen LogP contribution is 2.33. The highest BCUT2D eigenvalue weighted by Gasteiger charge is 2.36. The quantitative estimate of drug-likeness (QED) is 0.616. The summed E-state index contributed by atoms with van der Waals surface area (Å²) >= 11 is 0. The Bertz CT molecular complexity index is 1080. The molecule has 0 aliphatic carbocycles. The lowest BCUT2D eigenvalue weighted by Gasteiger charge is -2.16. The van der Waals surface area contributed by atoms with E-state index < -0.39 is 23.6 Å². The molecule has 29 heavy (non-hydrogen) atoms. The third-order valence-corrected chi connectivity index (χ3v) is 5.15. The van der Waals surface area contributed by atoms with Gasteiger partial charge >= 0.3 is 6.18 Å². The lowest BCUT2D eigenvalue weighted by Crippen LogP contribution is -2.29. The second-order valence-electron chi connectivity index (χ2n) is 7.04. The lowest BCUT2D eigenvalue weighted by atomic mass is 10.1. The summed E-state index contributed by atoms with van der Waals surface area (Å²) < 4.78 is 55.0. The first-order chi connectivity index (χ1) is 13.8. The number of aromatic nitrogens is 3. The highest BCUT2D eigenvalue weighted by molar-refractivity contribution is 5.94. The molecule has 5 nitrogen and oxygen atoms in total. The number of alkyl halides is 3. The maximum Gasteiger partial charge on any atom is 0.433 e. The summed E-state index contributed by atoms with van der Waals surface area (Å²) in [6, 6.07) is 8.27. The minimum Gasteiger partial charge on any atom is -0.338 e. The largest absolute Gasteiger partial charge is 0.433 e. The number of carbonyl (C=O) groups excluding carboxylic acids is 1. The van der Waals surface area contributed by atoms with Crippen molar-refractivity contribution < 1.29 is 22.4 Å². The number of carbonyl (C=O) groups is 1. The minimum atomic E-state index is -4.56. The van der Waals surface area contributed by atoms with Crippen LogP contribution in [-0.2, 0) is 12.6 Å². The van der Waals surface area contributed by atoms with E-state index >= 15 is 0 Å². The third-order valence-electron chi connectivity index (χ3n) is 5.15. The van der Waals surface area contributed by atoms with Crippen molar-refractivity contribution in [1.82, 2.24) is 19.5 Å². The molecule has 0 bridgehead atoms. The van der Waals surface area contributed by atoms with Gasteiger partial charge in [-0.2, -0.15) is 18.3 Å². The van der Waals surface area contributed by atoms with Gasteiger partial charge in [0.15, 0.2) is 5.65 Å². The zero-order chi connectivity index (χ0) is 20.8. The van der Waals surface area contributed by atoms with Crippen LogP contribution in [0.1, 0.15) is 46.7 Å². The van der Waals surface area contributed by atoms with Gasteiger partial charge in [0.05, 0.1) is 11.3 Å². The number of rotatable bonds is 3. The molecule has 3 aromatic rings. The van der Waals surface area contributed by atoms with E-state index in [0.29, 0.717) is 30.8 Å². The van der Waals surface area contributed by atoms with E-state index in [1.165, 1.54) is 29.2 Å². The van der Waals surface area contributed by atoms with Crippen LogP contribution >= 0.6 is 0 Å². The minimum absolute atomic E-state index is 0.0169. The highest BCUT2D eigenvalue weighted by atomic mass is 19.4. The van der Waals surface area contributed by atoms with E-state index in [2.05, 4.69) is 10.1 Å². The Kier molecular flexibility index (Phi) is 4.76. The molecule has 0 spiro atoms. The van der Waals surface area contributed by atoms with Crippen LogP contribution in [0.4, 0.5) is 17.6 Å². The molecule has 4 rings (SSSR count). The molecule has 9 heteroatoms. The van der Waals surface area contributed by atoms with Gasteiger partial charge in [0.25, 0.3) is 5.91 Å². The predicted octanol–water partition coefficient (Wildman–Crippen LogP) is 4.08. The lowest BCUT2D eigenvalue weighted by molar-refractivity contribution is -0.142. The van der Waals surface area contributed by atoms with Gasteiger partial charge in [0, 0.05) is 30.8 Å². The Morgan fingerprint density at radius 3 is 2.69 bits per heavy atom. The molecular weight excluding hydrogens is 388 g/mol. The molecule has 1 aliphatic heterocycles. The van der Waals surface area contributed by atoms with E-state index in [0.717, 1.165) is 10.6 Å². The van der Waals surface area contributed by atoms with Crippen molar-refractivity contribution in [3.05, 3.63) is 64.9 Å². The Labute approximate surface area is 164 Å². The molecule has 1 amide bonds. The number of hydrogen-bond donors (Lipinski definition) is 0. The molecule has 0 saturated carbocycles. The average Bonchev–Trinajstić information content (AvgIpc) is 3.33. The summed E-state index contributed by atoms with van der Waals surface area (Å²) in [5.74, 6) is -1.27. The number of nitrogens with zero attached hydrogens (tertiary/aromatic N) is 4. The van der Waals surface area contributed by atoms with Crippen molar-refractivity contribution in [1.29, 1.82) is 0 Å². The maximum absolute atomic E-state index is 13.9. The first kappa shape index (κ1) is 19.4. The van der Waals surface area contributed by atoms with Crippen LogP contribution in [0.25, 0.3) is 5.65 Å². The molecule has 3 heterocycles. The fourth-order valence-electron chi connectivity index (χ4n) is 3.62. The van der Waals surface area contributed by atoms with Crippen LogP contribution in [0.3, 0.4) is 0 Å². The van der Waals surface area contributed by atoms with Crippen molar-refractivity contribution in [3.8, 4) is 0 Å². The maximum atomic E-state index is 13.9. The normalized spacial score (nSPS) is 17.3. The van der Waals surface area contributed by atoms with Gasteiger partial charge in [-0.15, -0.1) is 0 Å². The molecule has 1 aromatic carbocycles. The second-order valence-corrected chi connectivity index (χ2v) is 7.04. The zero-order valence-electron chi connectivity index (χ0n) is 15.6. The molecule has 1 fully saturated rings. The van der Waals surface area contributed by atoms with Crippen molar-refractivity contribution in [2.75, 3.05) is 13.1 Å². The van der Waals surface area contributed by atoms with Gasteiger partial charge in [-0.3, -0.25) is 4.79 Å². The van der Waals surface area contributed by atoms with E-state index in [-0.39, 0.29) is 23.7 Å². The van der Waals surface area contributed by atoms with Crippen LogP contribution in [0.5, 0.6) is 0 Å². The molecule has 152 valence electrons. The molecular formula is C20H18F4N4O. The fourth-order valence-corrected chi connectivity index (χ4v) is 3.62. The molecule has 1 aliphatic rings. The van der Waals surface area contributed by atoms with E-state index in [1.807, 2.05) is 0 Å². The summed E-state index contributed by atoms with van der Waals surface area (Å²) in [4.78, 5) is 18.3. The molecule has 1 unspecified atom stereocenters. The van der Waals surface area contributed by atoms with Crippen molar-refractivity contribution in [3.63, 3.8) is 0 Å². The van der Waals surface area contributed by atoms with E-state index in [1.54, 1.807) is 13.0 Å². The van der Waals surface area contributed by atoms with E-state index in [4.69, 9.17) is 0 Å². The zero-order valence-corrected chi connectivity index (χ0v) is 15.6. The van der Waals surface area contributed by atoms with Crippen LogP contribution in [0.15, 0.2) is 36.4 Å².